The van der Waals surface area contributed by atoms with Crippen molar-refractivity contribution in [2.24, 2.45) is 0 Å². The van der Waals surface area contributed by atoms with Crippen LogP contribution in [0.4, 0.5) is 0 Å². The Labute approximate surface area is 78.6 Å². The third kappa shape index (κ3) is 2.45. The zero-order chi connectivity index (χ0) is 8.81. The molecule has 1 aliphatic rings. The molecule has 1 N–H and O–H groups in total. The molecule has 12 heavy (non-hydrogen) atoms. The Balaban J connectivity index is 2.73. The zero-order valence-electron chi connectivity index (χ0n) is 7.47. The highest BCUT2D eigenvalue weighted by Crippen LogP contribution is 2.26. The molecular formula is C10H15NS. The second-order valence-corrected chi connectivity index (χ2v) is 3.70. The molecule has 0 unspecified atom stereocenters. The summed E-state index contributed by atoms with van der Waals surface area (Å²) < 4.78 is 0. The van der Waals surface area contributed by atoms with E-state index in [0.29, 0.717) is 0 Å². The molecule has 1 rings (SSSR count). The van der Waals surface area contributed by atoms with Gasteiger partial charge in [0.1, 0.15) is 0 Å². The smallest absolute Gasteiger partial charge is 0.0475 e. The van der Waals surface area contributed by atoms with E-state index in [1.165, 1.54) is 16.4 Å². The predicted molar refractivity (Wildman–Crippen MR) is 57.1 cm³/mol. The molecule has 0 saturated carbocycles. The maximum absolute atomic E-state index is 3.70. The molecule has 0 aromatic rings. The number of hydrogen-bond donors (Lipinski definition) is 1. The van der Waals surface area contributed by atoms with E-state index in [9.17, 15) is 0 Å². The van der Waals surface area contributed by atoms with Gasteiger partial charge < -0.3 is 5.32 Å². The second-order valence-electron chi connectivity index (χ2n) is 2.57. The molecule has 0 amide bonds. The van der Waals surface area contributed by atoms with Gasteiger partial charge in [-0.25, -0.2) is 0 Å². The lowest BCUT2D eigenvalue weighted by atomic mass is 10.3. The lowest BCUT2D eigenvalue weighted by Crippen LogP contribution is -2.22. The van der Waals surface area contributed by atoms with E-state index in [1.807, 2.05) is 23.9 Å². The maximum atomic E-state index is 3.70. The Morgan fingerprint density at radius 1 is 1.67 bits per heavy atom. The van der Waals surface area contributed by atoms with Crippen LogP contribution in [0.3, 0.4) is 0 Å². The topological polar surface area (TPSA) is 12.0 Å². The number of nitrogens with one attached hydrogen (secondary N) is 1. The predicted octanol–water partition coefficient (Wildman–Crippen LogP) is 2.69. The minimum absolute atomic E-state index is 1.06. The number of hydrogen-bond acceptors (Lipinski definition) is 2. The highest BCUT2D eigenvalue weighted by atomic mass is 32.2. The minimum Gasteiger partial charge on any atom is -0.383 e. The van der Waals surface area contributed by atoms with Crippen LogP contribution in [0.2, 0.25) is 0 Å². The van der Waals surface area contributed by atoms with Crippen LogP contribution >= 0.6 is 11.8 Å². The van der Waals surface area contributed by atoms with Gasteiger partial charge in [-0.05, 0) is 12.5 Å². The molecule has 0 bridgehead atoms. The van der Waals surface area contributed by atoms with Crippen molar-refractivity contribution in [3.8, 4) is 0 Å². The first-order valence-corrected chi connectivity index (χ1v) is 5.27. The van der Waals surface area contributed by atoms with Crippen LogP contribution < -0.4 is 5.32 Å². The van der Waals surface area contributed by atoms with E-state index in [4.69, 9.17) is 0 Å². The van der Waals surface area contributed by atoms with Crippen molar-refractivity contribution >= 4 is 11.8 Å². The van der Waals surface area contributed by atoms with Gasteiger partial charge in [-0.1, -0.05) is 25.7 Å². The molecule has 0 aromatic carbocycles. The molecule has 1 aliphatic heterocycles. The van der Waals surface area contributed by atoms with E-state index >= 15 is 0 Å². The van der Waals surface area contributed by atoms with Crippen LogP contribution in [-0.2, 0) is 0 Å². The summed E-state index contributed by atoms with van der Waals surface area (Å²) in [6, 6.07) is 0. The summed E-state index contributed by atoms with van der Waals surface area (Å²) in [5.74, 6) is 1.17. The normalized spacial score (nSPS) is 24.1. The van der Waals surface area contributed by atoms with Crippen molar-refractivity contribution in [1.82, 2.24) is 5.32 Å². The summed E-state index contributed by atoms with van der Waals surface area (Å²) in [7, 11) is 0. The van der Waals surface area contributed by atoms with E-state index in [1.54, 1.807) is 0 Å². The Morgan fingerprint density at radius 2 is 2.50 bits per heavy atom. The van der Waals surface area contributed by atoms with Gasteiger partial charge in [0, 0.05) is 22.9 Å². The third-order valence-electron chi connectivity index (χ3n) is 1.61. The summed E-state index contributed by atoms with van der Waals surface area (Å²) in [4.78, 5) is 1.36. The standard InChI is InChI=1S/C10H15NS/c1-3-5-9-10(6-4-2)12-8-7-11-9/h3,5-6,11H,1,4,7-8H2,2H3/b9-5+,10-6+. The first kappa shape index (κ1) is 9.46. The Bertz CT molecular complexity index is 216. The lowest BCUT2D eigenvalue weighted by molar-refractivity contribution is 0.868. The molecule has 1 saturated heterocycles. The zero-order valence-corrected chi connectivity index (χ0v) is 8.29. The van der Waals surface area contributed by atoms with Crippen LogP contribution in [-0.4, -0.2) is 12.3 Å². The fourth-order valence-corrected chi connectivity index (χ4v) is 2.13. The fraction of sp³-hybridized carbons (Fsp3) is 0.400. The van der Waals surface area contributed by atoms with Crippen molar-refractivity contribution in [1.29, 1.82) is 0 Å². The molecule has 0 atom stereocenters. The molecule has 66 valence electrons. The molecule has 2 heteroatoms. The summed E-state index contributed by atoms with van der Waals surface area (Å²) >= 11 is 1.92. The largest absolute Gasteiger partial charge is 0.383 e. The van der Waals surface area contributed by atoms with Crippen LogP contribution in [0.25, 0.3) is 0 Å². The van der Waals surface area contributed by atoms with Gasteiger partial charge in [-0.2, -0.15) is 0 Å². The van der Waals surface area contributed by atoms with Gasteiger partial charge in [-0.3, -0.25) is 0 Å². The summed E-state index contributed by atoms with van der Waals surface area (Å²) in [5, 5.41) is 3.36. The quantitative estimate of drug-likeness (QED) is 0.703. The van der Waals surface area contributed by atoms with Crippen LogP contribution in [0.5, 0.6) is 0 Å². The summed E-state index contributed by atoms with van der Waals surface area (Å²) in [6.45, 7) is 6.92. The van der Waals surface area contributed by atoms with Gasteiger partial charge in [0.2, 0.25) is 0 Å². The van der Waals surface area contributed by atoms with E-state index in [0.717, 1.165) is 13.0 Å². The minimum atomic E-state index is 1.06. The average molecular weight is 181 g/mol. The van der Waals surface area contributed by atoms with Crippen LogP contribution in [0.15, 0.2) is 35.4 Å². The van der Waals surface area contributed by atoms with Gasteiger partial charge in [0.15, 0.2) is 0 Å². The second kappa shape index (κ2) is 5.09. The molecule has 0 aromatic heterocycles. The molecule has 0 spiro atoms. The fourth-order valence-electron chi connectivity index (χ4n) is 1.12. The van der Waals surface area contributed by atoms with Gasteiger partial charge in [-0.15, -0.1) is 11.8 Å². The van der Waals surface area contributed by atoms with Crippen molar-refractivity contribution in [2.45, 2.75) is 13.3 Å². The van der Waals surface area contributed by atoms with Crippen molar-refractivity contribution in [3.63, 3.8) is 0 Å². The Morgan fingerprint density at radius 3 is 3.17 bits per heavy atom. The maximum Gasteiger partial charge on any atom is 0.0475 e. The van der Waals surface area contributed by atoms with Gasteiger partial charge in [0.05, 0.1) is 0 Å². The molecule has 1 heterocycles. The number of rotatable bonds is 2. The van der Waals surface area contributed by atoms with Gasteiger partial charge >= 0.3 is 0 Å². The van der Waals surface area contributed by atoms with E-state index in [2.05, 4.69) is 24.9 Å². The number of thioether (sulfide) groups is 1. The van der Waals surface area contributed by atoms with Crippen LogP contribution in [0.1, 0.15) is 13.3 Å². The van der Waals surface area contributed by atoms with Crippen molar-refractivity contribution < 1.29 is 0 Å². The summed E-state index contributed by atoms with van der Waals surface area (Å²) in [5.41, 5.74) is 1.23. The Hall–Kier alpha value is -0.630. The number of allylic oxidation sites excluding steroid dienone is 3. The SMILES string of the molecule is C=C/C=C1/NCCS/C1=C/CC. The van der Waals surface area contributed by atoms with E-state index < -0.39 is 0 Å². The monoisotopic (exact) mass is 181 g/mol. The first-order chi connectivity index (χ1) is 5.88. The molecule has 1 fully saturated rings. The highest BCUT2D eigenvalue weighted by molar-refractivity contribution is 8.03. The molecule has 1 nitrogen and oxygen atoms in total. The molecule has 0 radical (unpaired) electrons. The molecule has 0 aliphatic carbocycles. The van der Waals surface area contributed by atoms with E-state index in [-0.39, 0.29) is 0 Å². The van der Waals surface area contributed by atoms with Crippen molar-refractivity contribution in [3.05, 3.63) is 35.4 Å². The third-order valence-corrected chi connectivity index (χ3v) is 2.72. The lowest BCUT2D eigenvalue weighted by Gasteiger charge is -2.19. The summed E-state index contributed by atoms with van der Waals surface area (Å²) in [6.07, 6.45) is 7.22. The van der Waals surface area contributed by atoms with Gasteiger partial charge in [0.25, 0.3) is 0 Å². The average Bonchev–Trinajstić information content (AvgIpc) is 2.09. The first-order valence-electron chi connectivity index (χ1n) is 4.28. The van der Waals surface area contributed by atoms with Crippen LogP contribution in [0, 0.1) is 0 Å². The van der Waals surface area contributed by atoms with Crippen molar-refractivity contribution in [2.75, 3.05) is 12.3 Å². The Kier molecular flexibility index (Phi) is 4.01. The molecular weight excluding hydrogens is 166 g/mol. The highest BCUT2D eigenvalue weighted by Gasteiger charge is 2.09.